The molecule has 0 spiro atoms. The molecule has 0 radical (unpaired) electrons. The third-order valence-electron chi connectivity index (χ3n) is 1.26. The van der Waals surface area contributed by atoms with Crippen LogP contribution in [0, 0.1) is 0 Å². The largest absolute Gasteiger partial charge is 0.481 e. The summed E-state index contributed by atoms with van der Waals surface area (Å²) in [6.07, 6.45) is -0.00926. The zero-order valence-electron chi connectivity index (χ0n) is 8.64. The fourth-order valence-corrected chi connectivity index (χ4v) is 0.310. The SMILES string of the molecule is C1CO1.CC1CO1.O=C(O)CCC(=O)O. The second-order valence-corrected chi connectivity index (χ2v) is 3.04. The van der Waals surface area contributed by atoms with Gasteiger partial charge in [0.1, 0.15) is 0 Å². The van der Waals surface area contributed by atoms with Gasteiger partial charge in [0.2, 0.25) is 0 Å². The van der Waals surface area contributed by atoms with E-state index in [-0.39, 0.29) is 12.8 Å². The molecule has 88 valence electrons. The predicted octanol–water partition coefficient (Wildman–Crippen LogP) is 0.357. The van der Waals surface area contributed by atoms with Gasteiger partial charge in [-0.25, -0.2) is 0 Å². The molecular formula is C9H16O6. The van der Waals surface area contributed by atoms with Crippen molar-refractivity contribution in [1.29, 1.82) is 0 Å². The summed E-state index contributed by atoms with van der Waals surface area (Å²) in [6.45, 7) is 5.04. The van der Waals surface area contributed by atoms with Crippen LogP contribution in [0.1, 0.15) is 19.8 Å². The molecule has 0 bridgehead atoms. The molecule has 6 nitrogen and oxygen atoms in total. The molecule has 0 aromatic carbocycles. The Hall–Kier alpha value is -1.14. The molecule has 2 aliphatic rings. The Bertz CT molecular complexity index is 180. The quantitative estimate of drug-likeness (QED) is 0.666. The Kier molecular flexibility index (Phi) is 7.57. The molecular weight excluding hydrogens is 204 g/mol. The molecule has 0 aliphatic carbocycles. The second kappa shape index (κ2) is 8.19. The normalized spacial score (nSPS) is 19.9. The first-order valence-electron chi connectivity index (χ1n) is 4.65. The zero-order chi connectivity index (χ0) is 11.7. The number of hydrogen-bond acceptors (Lipinski definition) is 4. The molecule has 2 heterocycles. The number of ether oxygens (including phenoxy) is 2. The van der Waals surface area contributed by atoms with E-state index in [0.29, 0.717) is 6.10 Å². The molecule has 6 heteroatoms. The maximum absolute atomic E-state index is 9.64. The maximum atomic E-state index is 9.64. The summed E-state index contributed by atoms with van der Waals surface area (Å²) in [5.41, 5.74) is 0. The van der Waals surface area contributed by atoms with Crippen LogP contribution in [0.4, 0.5) is 0 Å². The first kappa shape index (κ1) is 13.9. The minimum atomic E-state index is -1.08. The highest BCUT2D eigenvalue weighted by Gasteiger charge is 2.13. The van der Waals surface area contributed by atoms with Crippen molar-refractivity contribution in [3.05, 3.63) is 0 Å². The summed E-state index contributed by atoms with van der Waals surface area (Å²) in [7, 11) is 0. The highest BCUT2D eigenvalue weighted by molar-refractivity contribution is 5.75. The monoisotopic (exact) mass is 220 g/mol. The smallest absolute Gasteiger partial charge is 0.303 e. The van der Waals surface area contributed by atoms with Crippen molar-refractivity contribution in [2.75, 3.05) is 19.8 Å². The summed E-state index contributed by atoms with van der Waals surface area (Å²) in [6, 6.07) is 0. The first-order valence-corrected chi connectivity index (χ1v) is 4.65. The Balaban J connectivity index is 0.000000226. The molecule has 0 aromatic rings. The number of carboxylic acids is 2. The number of aliphatic carboxylic acids is 2. The van der Waals surface area contributed by atoms with Gasteiger partial charge in [0, 0.05) is 0 Å². The molecule has 2 aliphatic heterocycles. The van der Waals surface area contributed by atoms with Gasteiger partial charge in [-0.15, -0.1) is 0 Å². The van der Waals surface area contributed by atoms with E-state index in [1.54, 1.807) is 0 Å². The van der Waals surface area contributed by atoms with E-state index in [0.717, 1.165) is 19.8 Å². The second-order valence-electron chi connectivity index (χ2n) is 3.04. The van der Waals surface area contributed by atoms with Crippen LogP contribution < -0.4 is 0 Å². The summed E-state index contributed by atoms with van der Waals surface area (Å²) < 4.78 is 9.21. The summed E-state index contributed by atoms with van der Waals surface area (Å²) >= 11 is 0. The van der Waals surface area contributed by atoms with Crippen LogP contribution in [0.15, 0.2) is 0 Å². The topological polar surface area (TPSA) is 99.7 Å². The Morgan fingerprint density at radius 2 is 1.47 bits per heavy atom. The van der Waals surface area contributed by atoms with Gasteiger partial charge in [-0.1, -0.05) is 0 Å². The van der Waals surface area contributed by atoms with Crippen molar-refractivity contribution < 1.29 is 29.3 Å². The molecule has 1 unspecified atom stereocenters. The van der Waals surface area contributed by atoms with Gasteiger partial charge in [0.15, 0.2) is 0 Å². The van der Waals surface area contributed by atoms with Gasteiger partial charge in [0.05, 0.1) is 38.8 Å². The molecule has 2 rings (SSSR count). The zero-order valence-corrected chi connectivity index (χ0v) is 8.64. The lowest BCUT2D eigenvalue weighted by Gasteiger charge is -1.85. The Morgan fingerprint density at radius 1 is 1.20 bits per heavy atom. The van der Waals surface area contributed by atoms with Crippen molar-refractivity contribution in [3.8, 4) is 0 Å². The van der Waals surface area contributed by atoms with Crippen LogP contribution in [0.25, 0.3) is 0 Å². The number of rotatable bonds is 3. The summed E-state index contributed by atoms with van der Waals surface area (Å²) in [4.78, 5) is 19.3. The summed E-state index contributed by atoms with van der Waals surface area (Å²) in [5, 5.41) is 15.8. The van der Waals surface area contributed by atoms with E-state index in [1.165, 1.54) is 0 Å². The molecule has 2 N–H and O–H groups in total. The third-order valence-corrected chi connectivity index (χ3v) is 1.26. The van der Waals surface area contributed by atoms with Crippen LogP contribution in [0.2, 0.25) is 0 Å². The van der Waals surface area contributed by atoms with Crippen molar-refractivity contribution >= 4 is 11.9 Å². The number of epoxide rings is 2. The fraction of sp³-hybridized carbons (Fsp3) is 0.778. The molecule has 1 atom stereocenters. The van der Waals surface area contributed by atoms with Crippen molar-refractivity contribution in [3.63, 3.8) is 0 Å². The van der Waals surface area contributed by atoms with Gasteiger partial charge in [-0.05, 0) is 6.92 Å². The third kappa shape index (κ3) is 24.6. The van der Waals surface area contributed by atoms with Crippen molar-refractivity contribution in [1.82, 2.24) is 0 Å². The number of carboxylic acid groups (broad SMARTS) is 2. The lowest BCUT2D eigenvalue weighted by Crippen LogP contribution is -2.00. The van der Waals surface area contributed by atoms with E-state index in [9.17, 15) is 9.59 Å². The van der Waals surface area contributed by atoms with Gasteiger partial charge in [-0.3, -0.25) is 9.59 Å². The van der Waals surface area contributed by atoms with Crippen LogP contribution in [-0.4, -0.2) is 48.1 Å². The Morgan fingerprint density at radius 3 is 1.53 bits per heavy atom. The first-order chi connectivity index (χ1) is 7.02. The average Bonchev–Trinajstić information content (AvgIpc) is 2.95. The van der Waals surface area contributed by atoms with Gasteiger partial charge < -0.3 is 19.7 Å². The van der Waals surface area contributed by atoms with Crippen LogP contribution in [-0.2, 0) is 19.1 Å². The van der Waals surface area contributed by atoms with Gasteiger partial charge in [-0.2, -0.15) is 0 Å². The summed E-state index contributed by atoms with van der Waals surface area (Å²) in [5.74, 6) is -2.15. The van der Waals surface area contributed by atoms with Gasteiger partial charge in [0.25, 0.3) is 0 Å². The van der Waals surface area contributed by atoms with E-state index in [4.69, 9.17) is 14.9 Å². The lowest BCUT2D eigenvalue weighted by atomic mass is 10.3. The maximum Gasteiger partial charge on any atom is 0.303 e. The molecule has 0 aromatic heterocycles. The Labute approximate surface area is 87.8 Å². The number of carbonyl (C=O) groups is 2. The highest BCUT2D eigenvalue weighted by Crippen LogP contribution is 2.04. The number of hydrogen-bond donors (Lipinski definition) is 2. The highest BCUT2D eigenvalue weighted by atomic mass is 16.6. The predicted molar refractivity (Wildman–Crippen MR) is 50.7 cm³/mol. The van der Waals surface area contributed by atoms with E-state index in [1.807, 2.05) is 0 Å². The molecule has 0 amide bonds. The van der Waals surface area contributed by atoms with E-state index >= 15 is 0 Å². The van der Waals surface area contributed by atoms with Crippen LogP contribution in [0.3, 0.4) is 0 Å². The van der Waals surface area contributed by atoms with Crippen molar-refractivity contribution in [2.45, 2.75) is 25.9 Å². The van der Waals surface area contributed by atoms with E-state index in [2.05, 4.69) is 11.7 Å². The molecule has 2 fully saturated rings. The molecule has 0 saturated carbocycles. The van der Waals surface area contributed by atoms with Crippen LogP contribution >= 0.6 is 0 Å². The lowest BCUT2D eigenvalue weighted by molar-refractivity contribution is -0.143. The van der Waals surface area contributed by atoms with Crippen molar-refractivity contribution in [2.24, 2.45) is 0 Å². The molecule has 2 saturated heterocycles. The minimum absolute atomic E-state index is 0.296. The van der Waals surface area contributed by atoms with Crippen LogP contribution in [0.5, 0.6) is 0 Å². The van der Waals surface area contributed by atoms with Gasteiger partial charge >= 0.3 is 11.9 Å². The fourth-order valence-electron chi connectivity index (χ4n) is 0.310. The van der Waals surface area contributed by atoms with E-state index < -0.39 is 11.9 Å². The minimum Gasteiger partial charge on any atom is -0.481 e. The molecule has 15 heavy (non-hydrogen) atoms. The standard InChI is InChI=1S/C4H6O4.C3H6O.C2H4O/c5-3(6)1-2-4(7)8;1-3-2-4-3;1-2-3-1/h1-2H2,(H,5,6)(H,7,8);3H,2H2,1H3;1-2H2. The average molecular weight is 220 g/mol.